The maximum absolute atomic E-state index is 9.31. The molecule has 0 saturated carbocycles. The first-order chi connectivity index (χ1) is 14.3. The van der Waals surface area contributed by atoms with Gasteiger partial charge in [0.1, 0.15) is 5.84 Å². The van der Waals surface area contributed by atoms with E-state index in [0.717, 1.165) is 26.1 Å². The van der Waals surface area contributed by atoms with Crippen molar-refractivity contribution in [2.24, 2.45) is 10.9 Å². The summed E-state index contributed by atoms with van der Waals surface area (Å²) in [7, 11) is -4.64. The van der Waals surface area contributed by atoms with Crippen molar-refractivity contribution in [1.82, 2.24) is 4.90 Å². The van der Waals surface area contributed by atoms with Crippen molar-refractivity contribution in [3.8, 4) is 0 Å². The molecule has 0 spiro atoms. The first-order valence-electron chi connectivity index (χ1n) is 11.6. The minimum atomic E-state index is -4.64. The molecule has 4 N–H and O–H groups in total. The lowest BCUT2D eigenvalue weighted by Crippen LogP contribution is -2.35. The monoisotopic (exact) mass is 448 g/mol. The van der Waals surface area contributed by atoms with E-state index in [4.69, 9.17) is 24.2 Å². The lowest BCUT2D eigenvalue weighted by atomic mass is 9.92. The Morgan fingerprint density at radius 3 is 2.10 bits per heavy atom. The number of aliphatic imine (C=N–C) groups is 1. The van der Waals surface area contributed by atoms with E-state index in [1.807, 2.05) is 6.08 Å². The highest BCUT2D eigenvalue weighted by molar-refractivity contribution is 7.45. The molecule has 1 aliphatic heterocycles. The van der Waals surface area contributed by atoms with Crippen LogP contribution in [-0.2, 0) is 4.57 Å². The van der Waals surface area contributed by atoms with Gasteiger partial charge >= 0.3 is 7.82 Å². The molecule has 0 aliphatic carbocycles. The number of phosphoric acid groups is 1. The Kier molecular flexibility index (Phi) is 18.5. The average Bonchev–Trinajstić information content (AvgIpc) is 3.12. The molecule has 1 unspecified atom stereocenters. The fraction of sp³-hybridized carbons (Fsp3) is 0.864. The van der Waals surface area contributed by atoms with Crippen LogP contribution in [0.5, 0.6) is 0 Å². The lowest BCUT2D eigenvalue weighted by molar-refractivity contribution is 0.251. The molecule has 1 atom stereocenters. The van der Waals surface area contributed by atoms with Crippen molar-refractivity contribution in [1.29, 1.82) is 0 Å². The van der Waals surface area contributed by atoms with Crippen molar-refractivity contribution in [2.75, 3.05) is 26.2 Å². The highest BCUT2D eigenvalue weighted by atomic mass is 31.2. The zero-order valence-electron chi connectivity index (χ0n) is 18.9. The fourth-order valence-electron chi connectivity index (χ4n) is 3.84. The second-order valence-corrected chi connectivity index (χ2v) is 9.02. The van der Waals surface area contributed by atoms with E-state index in [9.17, 15) is 5.11 Å². The number of allylic oxidation sites excluding steroid dienone is 1. The predicted octanol–water partition coefficient (Wildman–Crippen LogP) is 4.66. The second-order valence-electron chi connectivity index (χ2n) is 8.00. The summed E-state index contributed by atoms with van der Waals surface area (Å²) in [6.45, 7) is 9.00. The summed E-state index contributed by atoms with van der Waals surface area (Å²) in [5.74, 6) is 1.91. The number of hydrogen-bond donors (Lipinski definition) is 4. The van der Waals surface area contributed by atoms with Crippen LogP contribution in [0.4, 0.5) is 0 Å². The van der Waals surface area contributed by atoms with E-state index in [-0.39, 0.29) is 6.61 Å². The van der Waals surface area contributed by atoms with Gasteiger partial charge in [-0.2, -0.15) is 0 Å². The molecular weight excluding hydrogens is 403 g/mol. The number of hydrogen-bond acceptors (Lipinski definition) is 4. The largest absolute Gasteiger partial charge is 0.466 e. The van der Waals surface area contributed by atoms with Crippen LogP contribution in [-0.4, -0.2) is 56.8 Å². The van der Waals surface area contributed by atoms with Crippen LogP contribution < -0.4 is 0 Å². The number of nitrogens with zero attached hydrogens (tertiary/aromatic N) is 2. The minimum Gasteiger partial charge on any atom is -0.395 e. The van der Waals surface area contributed by atoms with E-state index >= 15 is 0 Å². The maximum Gasteiger partial charge on any atom is 0.466 e. The summed E-state index contributed by atoms with van der Waals surface area (Å²) in [5, 5.41) is 9.31. The molecule has 1 aliphatic rings. The Bertz CT molecular complexity index is 488. The number of β-amino-alcohol motifs (C(OH)–C–C–N with tert-alkyl or cyclic N) is 1. The number of aliphatic hydroxyl groups excluding tert-OH is 1. The molecule has 0 aromatic heterocycles. The standard InChI is InChI=1S/C22H42N2O.H3O4P/c1-3-5-7-9-11-13-15-21(16-14-12-10-8-6-4-2)22-23-17-18-24(22)19-20-25;1-5(2,3)4/h3,21,25H,1,4-20H2,2H3;(H3,1,2,3,4). The molecule has 0 aromatic rings. The van der Waals surface area contributed by atoms with Gasteiger partial charge in [-0.25, -0.2) is 4.57 Å². The van der Waals surface area contributed by atoms with Gasteiger partial charge in [-0.05, 0) is 25.7 Å². The fourth-order valence-corrected chi connectivity index (χ4v) is 3.84. The Balaban J connectivity index is 0.00000150. The first kappa shape index (κ1) is 29.3. The van der Waals surface area contributed by atoms with Crippen molar-refractivity contribution >= 4 is 13.7 Å². The van der Waals surface area contributed by atoms with E-state index in [0.29, 0.717) is 5.92 Å². The third-order valence-electron chi connectivity index (χ3n) is 5.32. The van der Waals surface area contributed by atoms with E-state index in [2.05, 4.69) is 18.4 Å². The molecule has 7 nitrogen and oxygen atoms in total. The summed E-state index contributed by atoms with van der Waals surface area (Å²) in [6.07, 6.45) is 19.1. The molecule has 0 radical (unpaired) electrons. The molecule has 0 fully saturated rings. The van der Waals surface area contributed by atoms with Crippen molar-refractivity contribution < 1.29 is 24.4 Å². The third kappa shape index (κ3) is 18.1. The molecule has 0 amide bonds. The molecule has 0 aromatic carbocycles. The van der Waals surface area contributed by atoms with E-state index in [1.165, 1.54) is 82.9 Å². The van der Waals surface area contributed by atoms with Gasteiger partial charge < -0.3 is 24.7 Å². The summed E-state index contributed by atoms with van der Waals surface area (Å²) in [6, 6.07) is 0. The van der Waals surface area contributed by atoms with Crippen LogP contribution in [0.25, 0.3) is 0 Å². The van der Waals surface area contributed by atoms with Gasteiger partial charge in [-0.15, -0.1) is 6.58 Å². The van der Waals surface area contributed by atoms with Crippen LogP contribution in [0.2, 0.25) is 0 Å². The van der Waals surface area contributed by atoms with Gasteiger partial charge in [0, 0.05) is 19.0 Å². The summed E-state index contributed by atoms with van der Waals surface area (Å²) < 4.78 is 8.88. The molecular formula is C22H45N2O5P. The second kappa shape index (κ2) is 19.0. The summed E-state index contributed by atoms with van der Waals surface area (Å²) in [5.41, 5.74) is 0. The van der Waals surface area contributed by atoms with E-state index in [1.54, 1.807) is 0 Å². The van der Waals surface area contributed by atoms with Crippen LogP contribution in [0.15, 0.2) is 17.6 Å². The molecule has 30 heavy (non-hydrogen) atoms. The number of unbranched alkanes of at least 4 members (excludes halogenated alkanes) is 9. The first-order valence-corrected chi connectivity index (χ1v) is 13.2. The Morgan fingerprint density at radius 2 is 1.57 bits per heavy atom. The van der Waals surface area contributed by atoms with Crippen molar-refractivity contribution in [2.45, 2.75) is 90.4 Å². The van der Waals surface area contributed by atoms with E-state index < -0.39 is 7.82 Å². The van der Waals surface area contributed by atoms with Gasteiger partial charge in [0.05, 0.1) is 13.2 Å². The molecule has 8 heteroatoms. The Hall–Kier alpha value is -0.720. The van der Waals surface area contributed by atoms with Crippen LogP contribution in [0.1, 0.15) is 90.4 Å². The Morgan fingerprint density at radius 1 is 1.03 bits per heavy atom. The lowest BCUT2D eigenvalue weighted by Gasteiger charge is -2.26. The maximum atomic E-state index is 9.31. The molecule has 0 bridgehead atoms. The highest BCUT2D eigenvalue weighted by Crippen LogP contribution is 2.26. The molecule has 1 rings (SSSR count). The molecule has 1 heterocycles. The van der Waals surface area contributed by atoms with Gasteiger partial charge in [-0.1, -0.05) is 70.8 Å². The Labute approximate surface area is 183 Å². The van der Waals surface area contributed by atoms with Crippen molar-refractivity contribution in [3.05, 3.63) is 12.7 Å². The summed E-state index contributed by atoms with van der Waals surface area (Å²) in [4.78, 5) is 28.7. The SMILES string of the molecule is C=CCCCCCCC(CCCCCCCC)C1=NCCN1CCO.O=P(O)(O)O. The van der Waals surface area contributed by atoms with Gasteiger partial charge in [0.15, 0.2) is 0 Å². The van der Waals surface area contributed by atoms with Gasteiger partial charge in [0.2, 0.25) is 0 Å². The average molecular weight is 449 g/mol. The zero-order chi connectivity index (χ0) is 22.7. The third-order valence-corrected chi connectivity index (χ3v) is 5.32. The topological polar surface area (TPSA) is 114 Å². The molecule has 0 saturated heterocycles. The summed E-state index contributed by atoms with van der Waals surface area (Å²) >= 11 is 0. The van der Waals surface area contributed by atoms with Crippen LogP contribution in [0, 0.1) is 5.92 Å². The van der Waals surface area contributed by atoms with Crippen LogP contribution in [0.3, 0.4) is 0 Å². The molecule has 178 valence electrons. The minimum absolute atomic E-state index is 0.240. The quantitative estimate of drug-likeness (QED) is 0.146. The number of aliphatic hydroxyl groups is 1. The van der Waals surface area contributed by atoms with Gasteiger partial charge in [0.25, 0.3) is 0 Å². The highest BCUT2D eigenvalue weighted by Gasteiger charge is 2.24. The number of rotatable bonds is 17. The van der Waals surface area contributed by atoms with Crippen molar-refractivity contribution in [3.63, 3.8) is 0 Å². The number of amidine groups is 1. The smallest absolute Gasteiger partial charge is 0.395 e. The normalized spacial score (nSPS) is 14.8. The predicted molar refractivity (Wildman–Crippen MR) is 125 cm³/mol. The van der Waals surface area contributed by atoms with Gasteiger partial charge in [-0.3, -0.25) is 4.99 Å². The van der Waals surface area contributed by atoms with Crippen LogP contribution >= 0.6 is 7.82 Å². The zero-order valence-corrected chi connectivity index (χ0v) is 19.8.